The van der Waals surface area contributed by atoms with Crippen molar-refractivity contribution in [2.45, 2.75) is 38.6 Å². The Hall–Kier alpha value is -2.27. The molecule has 5 nitrogen and oxygen atoms in total. The highest BCUT2D eigenvalue weighted by molar-refractivity contribution is 5.76. The normalized spacial score (nSPS) is 16.2. The molecule has 0 spiro atoms. The van der Waals surface area contributed by atoms with E-state index in [2.05, 4.69) is 10.2 Å². The zero-order valence-electron chi connectivity index (χ0n) is 15.4. The zero-order chi connectivity index (χ0) is 18.2. The van der Waals surface area contributed by atoms with Crippen LogP contribution in [0.2, 0.25) is 0 Å². The van der Waals surface area contributed by atoms with Crippen LogP contribution in [0.5, 0.6) is 5.75 Å². The number of furan rings is 1. The first-order chi connectivity index (χ1) is 12.7. The molecule has 1 atom stereocenters. The molecule has 1 aliphatic heterocycles. The summed E-state index contributed by atoms with van der Waals surface area (Å²) in [4.78, 5) is 14.6. The minimum absolute atomic E-state index is 0.00576. The Morgan fingerprint density at radius 2 is 2.08 bits per heavy atom. The number of rotatable bonds is 8. The van der Waals surface area contributed by atoms with E-state index in [1.165, 1.54) is 19.3 Å². The van der Waals surface area contributed by atoms with Gasteiger partial charge in [0.1, 0.15) is 11.5 Å². The molecule has 0 unspecified atom stereocenters. The number of piperidine rings is 1. The molecule has 2 heterocycles. The van der Waals surface area contributed by atoms with Gasteiger partial charge in [-0.2, -0.15) is 0 Å². The summed E-state index contributed by atoms with van der Waals surface area (Å²) in [5.41, 5.74) is 1.15. The van der Waals surface area contributed by atoms with E-state index in [-0.39, 0.29) is 11.9 Å². The van der Waals surface area contributed by atoms with Gasteiger partial charge in [0.05, 0.1) is 25.3 Å². The summed E-state index contributed by atoms with van der Waals surface area (Å²) in [5.74, 6) is 1.73. The zero-order valence-corrected chi connectivity index (χ0v) is 15.4. The van der Waals surface area contributed by atoms with E-state index < -0.39 is 0 Å². The minimum atomic E-state index is 0.00576. The summed E-state index contributed by atoms with van der Waals surface area (Å²) < 4.78 is 11.3. The molecule has 26 heavy (non-hydrogen) atoms. The van der Waals surface area contributed by atoms with Gasteiger partial charge in [-0.05, 0) is 62.7 Å². The number of hydrogen-bond donors (Lipinski definition) is 1. The summed E-state index contributed by atoms with van der Waals surface area (Å²) in [6.45, 7) is 5.07. The Labute approximate surface area is 155 Å². The number of hydrogen-bond acceptors (Lipinski definition) is 4. The fraction of sp³-hybridized carbons (Fsp3) is 0.476. The van der Waals surface area contributed by atoms with Crippen LogP contribution in [0.3, 0.4) is 0 Å². The van der Waals surface area contributed by atoms with Gasteiger partial charge in [-0.25, -0.2) is 0 Å². The van der Waals surface area contributed by atoms with Crippen LogP contribution in [0.15, 0.2) is 47.1 Å². The second-order valence-corrected chi connectivity index (χ2v) is 6.85. The number of nitrogens with one attached hydrogen (secondary N) is 1. The highest BCUT2D eigenvalue weighted by Gasteiger charge is 2.24. The molecular weight excluding hydrogens is 328 g/mol. The standard InChI is InChI=1S/C21H28N2O3/c1-17-7-5-8-18(15-17)25-14-10-21(24)22-16-19(20-9-6-13-26-20)23-11-3-2-4-12-23/h5-9,13,15,19H,2-4,10-12,14,16H2,1H3,(H,22,24)/t19-/m0/s1. The van der Waals surface area contributed by atoms with Crippen LogP contribution in [-0.4, -0.2) is 37.0 Å². The van der Waals surface area contributed by atoms with Gasteiger partial charge in [0.2, 0.25) is 5.91 Å². The van der Waals surface area contributed by atoms with Crippen molar-refractivity contribution < 1.29 is 13.9 Å². The first-order valence-corrected chi connectivity index (χ1v) is 9.46. The lowest BCUT2D eigenvalue weighted by Gasteiger charge is -2.33. The van der Waals surface area contributed by atoms with Crippen LogP contribution in [-0.2, 0) is 4.79 Å². The molecule has 5 heteroatoms. The third-order valence-corrected chi connectivity index (χ3v) is 4.78. The average molecular weight is 356 g/mol. The number of carbonyl (C=O) groups excluding carboxylic acids is 1. The third-order valence-electron chi connectivity index (χ3n) is 4.78. The highest BCUT2D eigenvalue weighted by atomic mass is 16.5. The maximum Gasteiger partial charge on any atom is 0.223 e. The lowest BCUT2D eigenvalue weighted by atomic mass is 10.1. The summed E-state index contributed by atoms with van der Waals surface area (Å²) in [5, 5.41) is 3.05. The van der Waals surface area contributed by atoms with Gasteiger partial charge in [-0.1, -0.05) is 18.6 Å². The number of amides is 1. The first kappa shape index (κ1) is 18.5. The number of ether oxygens (including phenoxy) is 1. The second kappa shape index (κ2) is 9.43. The van der Waals surface area contributed by atoms with Gasteiger partial charge in [-0.3, -0.25) is 9.69 Å². The molecule has 1 aromatic heterocycles. The van der Waals surface area contributed by atoms with Crippen molar-refractivity contribution in [1.82, 2.24) is 10.2 Å². The van der Waals surface area contributed by atoms with Gasteiger partial charge >= 0.3 is 0 Å². The smallest absolute Gasteiger partial charge is 0.223 e. The molecule has 1 fully saturated rings. The lowest BCUT2D eigenvalue weighted by molar-refractivity contribution is -0.121. The average Bonchev–Trinajstić information content (AvgIpc) is 3.17. The van der Waals surface area contributed by atoms with Crippen LogP contribution in [0.1, 0.15) is 43.0 Å². The number of carbonyl (C=O) groups is 1. The number of nitrogens with zero attached hydrogens (tertiary/aromatic N) is 1. The van der Waals surface area contributed by atoms with E-state index in [1.54, 1.807) is 6.26 Å². The van der Waals surface area contributed by atoms with E-state index in [0.29, 0.717) is 19.6 Å². The number of likely N-dealkylation sites (tertiary alicyclic amines) is 1. The minimum Gasteiger partial charge on any atom is -0.493 e. The molecule has 140 valence electrons. The van der Waals surface area contributed by atoms with Crippen LogP contribution in [0.4, 0.5) is 0 Å². The second-order valence-electron chi connectivity index (χ2n) is 6.85. The molecular formula is C21H28N2O3. The Morgan fingerprint density at radius 3 is 2.81 bits per heavy atom. The molecule has 3 rings (SSSR count). The quantitative estimate of drug-likeness (QED) is 0.784. The van der Waals surface area contributed by atoms with Gasteiger partial charge in [0.15, 0.2) is 0 Å². The third kappa shape index (κ3) is 5.36. The Kier molecular flexibility index (Phi) is 6.72. The first-order valence-electron chi connectivity index (χ1n) is 9.46. The Bertz CT molecular complexity index is 678. The molecule has 1 aromatic carbocycles. The molecule has 0 aliphatic carbocycles. The van der Waals surface area contributed by atoms with Crippen molar-refractivity contribution in [3.05, 3.63) is 54.0 Å². The van der Waals surface area contributed by atoms with E-state index in [9.17, 15) is 4.79 Å². The van der Waals surface area contributed by atoms with Crippen molar-refractivity contribution in [2.75, 3.05) is 26.2 Å². The van der Waals surface area contributed by atoms with E-state index in [4.69, 9.17) is 9.15 Å². The maximum atomic E-state index is 12.2. The molecule has 0 saturated carbocycles. The van der Waals surface area contributed by atoms with Crippen LogP contribution in [0, 0.1) is 6.92 Å². The van der Waals surface area contributed by atoms with Gasteiger partial charge in [0, 0.05) is 6.54 Å². The molecule has 2 aromatic rings. The molecule has 0 radical (unpaired) electrons. The molecule has 1 saturated heterocycles. The van der Waals surface area contributed by atoms with Crippen molar-refractivity contribution in [1.29, 1.82) is 0 Å². The number of benzene rings is 1. The summed E-state index contributed by atoms with van der Waals surface area (Å²) >= 11 is 0. The predicted molar refractivity (Wildman–Crippen MR) is 101 cm³/mol. The predicted octanol–water partition coefficient (Wildman–Crippen LogP) is 3.70. The lowest BCUT2D eigenvalue weighted by Crippen LogP contribution is -2.40. The molecule has 1 amide bonds. The van der Waals surface area contributed by atoms with Crippen LogP contribution >= 0.6 is 0 Å². The monoisotopic (exact) mass is 356 g/mol. The molecule has 1 aliphatic rings. The SMILES string of the molecule is Cc1cccc(OCCC(=O)NC[C@@H](c2ccco2)N2CCCCC2)c1. The van der Waals surface area contributed by atoms with Gasteiger partial charge < -0.3 is 14.5 Å². The summed E-state index contributed by atoms with van der Waals surface area (Å²) in [6, 6.07) is 11.9. The molecule has 1 N–H and O–H groups in total. The summed E-state index contributed by atoms with van der Waals surface area (Å²) in [6.07, 6.45) is 5.73. The summed E-state index contributed by atoms with van der Waals surface area (Å²) in [7, 11) is 0. The Morgan fingerprint density at radius 1 is 1.23 bits per heavy atom. The van der Waals surface area contributed by atoms with Crippen molar-refractivity contribution >= 4 is 5.91 Å². The van der Waals surface area contributed by atoms with Crippen molar-refractivity contribution in [3.63, 3.8) is 0 Å². The maximum absolute atomic E-state index is 12.2. The number of aryl methyl sites for hydroxylation is 1. The van der Waals surface area contributed by atoms with Crippen molar-refractivity contribution in [2.24, 2.45) is 0 Å². The highest BCUT2D eigenvalue weighted by Crippen LogP contribution is 2.24. The fourth-order valence-electron chi connectivity index (χ4n) is 3.39. The van der Waals surface area contributed by atoms with Gasteiger partial charge in [-0.15, -0.1) is 0 Å². The topological polar surface area (TPSA) is 54.7 Å². The van der Waals surface area contributed by atoms with Crippen LogP contribution in [0.25, 0.3) is 0 Å². The van der Waals surface area contributed by atoms with E-state index in [0.717, 1.165) is 30.2 Å². The van der Waals surface area contributed by atoms with Crippen LogP contribution < -0.4 is 10.1 Å². The fourth-order valence-corrected chi connectivity index (χ4v) is 3.39. The van der Waals surface area contributed by atoms with E-state index in [1.807, 2.05) is 43.3 Å². The molecule has 0 bridgehead atoms. The van der Waals surface area contributed by atoms with E-state index >= 15 is 0 Å². The largest absolute Gasteiger partial charge is 0.493 e. The van der Waals surface area contributed by atoms with Crippen molar-refractivity contribution in [3.8, 4) is 5.75 Å². The Balaban J connectivity index is 1.46. The van der Waals surface area contributed by atoms with Gasteiger partial charge in [0.25, 0.3) is 0 Å².